The fraction of sp³-hybridized carbons (Fsp3) is 0.300. The molecule has 1 unspecified atom stereocenters. The van der Waals surface area contributed by atoms with Crippen molar-refractivity contribution in [3.05, 3.63) is 53.9 Å². The monoisotopic (exact) mass is 505 g/mol. The van der Waals surface area contributed by atoms with Crippen molar-refractivity contribution in [3.8, 4) is 11.1 Å². The number of nitrogens with one attached hydrogen (secondary N) is 1. The van der Waals surface area contributed by atoms with Gasteiger partial charge in [-0.1, -0.05) is 0 Å². The van der Waals surface area contributed by atoms with Crippen molar-refractivity contribution in [1.29, 1.82) is 0 Å². The van der Waals surface area contributed by atoms with Crippen LogP contribution in [0.15, 0.2) is 36.8 Å². The number of aliphatic hydroxyl groups is 1. The third-order valence-corrected chi connectivity index (χ3v) is 4.77. The first-order valence-electron chi connectivity index (χ1n) is 9.77. The standard InChI is InChI=1S/C20H17F6N5O4/c21-19(22,23)15-14(10-1-3-31-13(5-10)8-29-17(31)16(27)33)6-11(7-28-15)18(34)30-12(9-32)2-4-35-20(24,25)26/h1,3,5-8,12,32H,2,4,9H2,(H2,27,33)(H,30,34). The van der Waals surface area contributed by atoms with Crippen molar-refractivity contribution < 1.29 is 45.8 Å². The summed E-state index contributed by atoms with van der Waals surface area (Å²) >= 11 is 0. The van der Waals surface area contributed by atoms with E-state index in [1.54, 1.807) is 0 Å². The lowest BCUT2D eigenvalue weighted by Gasteiger charge is -2.18. The van der Waals surface area contributed by atoms with E-state index < -0.39 is 61.3 Å². The Morgan fingerprint density at radius 2 is 1.86 bits per heavy atom. The van der Waals surface area contributed by atoms with Gasteiger partial charge < -0.3 is 16.2 Å². The highest BCUT2D eigenvalue weighted by Gasteiger charge is 2.36. The van der Waals surface area contributed by atoms with Crippen LogP contribution < -0.4 is 11.1 Å². The minimum atomic E-state index is -4.90. The molecule has 0 saturated carbocycles. The third-order valence-electron chi connectivity index (χ3n) is 4.77. The number of pyridine rings is 2. The average molecular weight is 505 g/mol. The lowest BCUT2D eigenvalue weighted by molar-refractivity contribution is -0.325. The number of rotatable bonds is 8. The zero-order valence-electron chi connectivity index (χ0n) is 17.5. The predicted molar refractivity (Wildman–Crippen MR) is 107 cm³/mol. The van der Waals surface area contributed by atoms with E-state index >= 15 is 0 Å². The van der Waals surface area contributed by atoms with Gasteiger partial charge in [0.25, 0.3) is 11.8 Å². The summed E-state index contributed by atoms with van der Waals surface area (Å²) in [5.41, 5.74) is 3.31. The zero-order valence-corrected chi connectivity index (χ0v) is 17.5. The molecule has 3 rings (SSSR count). The summed E-state index contributed by atoms with van der Waals surface area (Å²) in [7, 11) is 0. The van der Waals surface area contributed by atoms with Crippen molar-refractivity contribution >= 4 is 17.3 Å². The number of primary amides is 1. The van der Waals surface area contributed by atoms with E-state index in [1.807, 2.05) is 0 Å². The van der Waals surface area contributed by atoms with Crippen molar-refractivity contribution in [2.75, 3.05) is 13.2 Å². The summed E-state index contributed by atoms with van der Waals surface area (Å²) in [6.07, 6.45) is -7.06. The molecule has 0 saturated heterocycles. The molecule has 0 aliphatic carbocycles. The number of carbonyl (C=O) groups is 2. The fourth-order valence-corrected chi connectivity index (χ4v) is 3.18. The van der Waals surface area contributed by atoms with Crippen molar-refractivity contribution in [2.45, 2.75) is 25.0 Å². The fourth-order valence-electron chi connectivity index (χ4n) is 3.18. The Morgan fingerprint density at radius 1 is 1.14 bits per heavy atom. The lowest BCUT2D eigenvalue weighted by Crippen LogP contribution is -2.38. The van der Waals surface area contributed by atoms with Crippen LogP contribution in [0.4, 0.5) is 26.3 Å². The molecule has 35 heavy (non-hydrogen) atoms. The molecular weight excluding hydrogens is 488 g/mol. The normalized spacial score (nSPS) is 13.1. The van der Waals surface area contributed by atoms with E-state index in [0.29, 0.717) is 6.20 Å². The molecule has 0 radical (unpaired) electrons. The van der Waals surface area contributed by atoms with Gasteiger partial charge in [0.15, 0.2) is 5.69 Å². The molecule has 15 heteroatoms. The Bertz CT molecular complexity index is 1240. The van der Waals surface area contributed by atoms with Gasteiger partial charge in [0.1, 0.15) is 0 Å². The number of imidazole rings is 1. The van der Waals surface area contributed by atoms with E-state index in [-0.39, 0.29) is 22.5 Å². The number of halogens is 6. The molecule has 188 valence electrons. The molecule has 2 amide bonds. The van der Waals surface area contributed by atoms with Crippen molar-refractivity contribution in [1.82, 2.24) is 19.7 Å². The predicted octanol–water partition coefficient (Wildman–Crippen LogP) is 2.53. The van der Waals surface area contributed by atoms with Crippen LogP contribution in [-0.4, -0.2) is 56.9 Å². The molecule has 3 heterocycles. The highest BCUT2D eigenvalue weighted by molar-refractivity contribution is 5.95. The number of ether oxygens (including phenoxy) is 1. The molecule has 9 nitrogen and oxygen atoms in total. The molecule has 0 spiro atoms. The quantitative estimate of drug-likeness (QED) is 0.403. The molecule has 0 bridgehead atoms. The number of alkyl halides is 6. The number of aromatic nitrogens is 3. The highest BCUT2D eigenvalue weighted by Crippen LogP contribution is 2.36. The minimum Gasteiger partial charge on any atom is -0.394 e. The van der Waals surface area contributed by atoms with Crippen LogP contribution in [0.2, 0.25) is 0 Å². The van der Waals surface area contributed by atoms with Gasteiger partial charge in [-0.25, -0.2) is 4.98 Å². The molecular formula is C20H17F6N5O4. The van der Waals surface area contributed by atoms with Crippen LogP contribution in [0.3, 0.4) is 0 Å². The van der Waals surface area contributed by atoms with Gasteiger partial charge in [0, 0.05) is 18.0 Å². The molecule has 0 fully saturated rings. The smallest absolute Gasteiger partial charge is 0.394 e. The summed E-state index contributed by atoms with van der Waals surface area (Å²) in [6.45, 7) is -1.60. The second kappa shape index (κ2) is 9.87. The van der Waals surface area contributed by atoms with E-state index in [1.165, 1.54) is 28.9 Å². The van der Waals surface area contributed by atoms with Crippen LogP contribution >= 0.6 is 0 Å². The Hall–Kier alpha value is -3.72. The number of hydrogen-bond donors (Lipinski definition) is 3. The van der Waals surface area contributed by atoms with Crippen molar-refractivity contribution in [3.63, 3.8) is 0 Å². The highest BCUT2D eigenvalue weighted by atomic mass is 19.4. The maximum absolute atomic E-state index is 13.6. The van der Waals surface area contributed by atoms with Gasteiger partial charge >= 0.3 is 12.5 Å². The third kappa shape index (κ3) is 6.24. The molecule has 3 aromatic heterocycles. The number of aliphatic hydroxyl groups excluding tert-OH is 1. The Balaban J connectivity index is 1.92. The maximum atomic E-state index is 13.6. The minimum absolute atomic E-state index is 0.0137. The van der Waals surface area contributed by atoms with E-state index in [4.69, 9.17) is 5.73 Å². The summed E-state index contributed by atoms with van der Waals surface area (Å²) < 4.78 is 82.0. The Morgan fingerprint density at radius 3 is 2.46 bits per heavy atom. The molecule has 0 aliphatic rings. The van der Waals surface area contributed by atoms with E-state index in [2.05, 4.69) is 20.0 Å². The number of hydrogen-bond acceptors (Lipinski definition) is 6. The largest absolute Gasteiger partial charge is 0.522 e. The van der Waals surface area contributed by atoms with Gasteiger partial charge in [-0.2, -0.15) is 13.2 Å². The van der Waals surface area contributed by atoms with E-state index in [0.717, 1.165) is 6.07 Å². The van der Waals surface area contributed by atoms with Gasteiger partial charge in [0.2, 0.25) is 5.82 Å². The van der Waals surface area contributed by atoms with Gasteiger partial charge in [0.05, 0.1) is 36.5 Å². The molecule has 3 aromatic rings. The zero-order chi connectivity index (χ0) is 26.0. The van der Waals surface area contributed by atoms with Crippen molar-refractivity contribution in [2.24, 2.45) is 5.73 Å². The van der Waals surface area contributed by atoms with Crippen LogP contribution in [0.25, 0.3) is 16.6 Å². The van der Waals surface area contributed by atoms with Crippen LogP contribution in [0.5, 0.6) is 0 Å². The SMILES string of the molecule is NC(=O)c1ncc2cc(-c3cc(C(=O)NC(CO)CCOC(F)(F)F)cnc3C(F)(F)F)ccn12. The molecule has 1 atom stereocenters. The number of carbonyl (C=O) groups excluding carboxylic acids is 2. The number of nitrogens with zero attached hydrogens (tertiary/aromatic N) is 3. The maximum Gasteiger partial charge on any atom is 0.522 e. The Labute approximate surface area is 192 Å². The van der Waals surface area contributed by atoms with Gasteiger partial charge in [-0.3, -0.25) is 23.7 Å². The molecule has 0 aromatic carbocycles. The number of nitrogens with two attached hydrogens (primary N) is 1. The summed E-state index contributed by atoms with van der Waals surface area (Å²) in [4.78, 5) is 31.1. The first-order chi connectivity index (χ1) is 16.3. The number of amides is 2. The molecule has 4 N–H and O–H groups in total. The lowest BCUT2D eigenvalue weighted by atomic mass is 10.0. The summed E-state index contributed by atoms with van der Waals surface area (Å²) in [6, 6.07) is 2.26. The second-order valence-electron chi connectivity index (χ2n) is 7.21. The first-order valence-corrected chi connectivity index (χ1v) is 9.77. The number of fused-ring (bicyclic) bond motifs is 1. The van der Waals surface area contributed by atoms with Gasteiger partial charge in [-0.05, 0) is 30.2 Å². The topological polar surface area (TPSA) is 132 Å². The summed E-state index contributed by atoms with van der Waals surface area (Å²) in [5.74, 6) is -1.97. The van der Waals surface area contributed by atoms with Crippen LogP contribution in [0, 0.1) is 0 Å². The van der Waals surface area contributed by atoms with E-state index in [9.17, 15) is 41.0 Å². The average Bonchev–Trinajstić information content (AvgIpc) is 3.20. The summed E-state index contributed by atoms with van der Waals surface area (Å²) in [5, 5.41) is 11.5. The first kappa shape index (κ1) is 25.9. The Kier molecular flexibility index (Phi) is 7.30. The van der Waals surface area contributed by atoms with Crippen LogP contribution in [0.1, 0.15) is 33.1 Å². The molecule has 0 aliphatic heterocycles. The second-order valence-corrected chi connectivity index (χ2v) is 7.21. The van der Waals surface area contributed by atoms with Gasteiger partial charge in [-0.15, -0.1) is 13.2 Å². The van der Waals surface area contributed by atoms with Crippen LogP contribution in [-0.2, 0) is 10.9 Å².